The molecule has 0 aliphatic heterocycles. The molecule has 23 heavy (non-hydrogen) atoms. The van der Waals surface area contributed by atoms with Crippen LogP contribution in [0, 0.1) is 0 Å². The minimum atomic E-state index is 0.573. The summed E-state index contributed by atoms with van der Waals surface area (Å²) in [7, 11) is 0. The van der Waals surface area contributed by atoms with E-state index in [0.29, 0.717) is 5.84 Å². The van der Waals surface area contributed by atoms with Crippen LogP contribution in [0.5, 0.6) is 0 Å². The number of hydrogen-bond acceptors (Lipinski definition) is 4. The second kappa shape index (κ2) is 7.61. The Morgan fingerprint density at radius 1 is 0.826 bits per heavy atom. The lowest BCUT2D eigenvalue weighted by molar-refractivity contribution is 1.02. The number of benzene rings is 1. The molecule has 0 unspecified atom stereocenters. The predicted molar refractivity (Wildman–Crippen MR) is 91.8 cm³/mol. The summed E-state index contributed by atoms with van der Waals surface area (Å²) in [6.07, 6.45) is 5.09. The smallest absolute Gasteiger partial charge is 0.172 e. The van der Waals surface area contributed by atoms with Crippen molar-refractivity contribution < 1.29 is 0 Å². The van der Waals surface area contributed by atoms with Crippen molar-refractivity contribution in [3.8, 4) is 0 Å². The summed E-state index contributed by atoms with van der Waals surface area (Å²) in [6, 6.07) is 21.0. The lowest BCUT2D eigenvalue weighted by Gasteiger charge is -2.05. The van der Waals surface area contributed by atoms with Gasteiger partial charge in [0.1, 0.15) is 5.69 Å². The van der Waals surface area contributed by atoms with Gasteiger partial charge in [-0.25, -0.2) is 4.99 Å². The maximum absolute atomic E-state index is 4.57. The molecule has 0 saturated carbocycles. The van der Waals surface area contributed by atoms with Crippen LogP contribution in [0.1, 0.15) is 11.4 Å². The molecule has 0 bridgehead atoms. The van der Waals surface area contributed by atoms with Gasteiger partial charge in [-0.05, 0) is 36.4 Å². The third kappa shape index (κ3) is 4.31. The Kier molecular flexibility index (Phi) is 4.83. The molecule has 0 aliphatic rings. The summed E-state index contributed by atoms with van der Waals surface area (Å²) in [4.78, 5) is 13.1. The number of rotatable bonds is 4. The standard InChI is InChI=1S/C18H15N5/c1-2-8-15(9-3-1)22-18(17-11-5-7-13-20-17)23-21-14-16-10-4-6-12-19-16/h1-14H,(H,22,23)/b21-14-. The van der Waals surface area contributed by atoms with E-state index in [1.54, 1.807) is 18.6 Å². The maximum Gasteiger partial charge on any atom is 0.172 e. The Morgan fingerprint density at radius 3 is 2.26 bits per heavy atom. The SMILES string of the molecule is C(=N/NC(=Nc1ccccc1)c1ccccn1)/c1ccccn1. The first kappa shape index (κ1) is 14.6. The number of hydrogen-bond donors (Lipinski definition) is 1. The van der Waals surface area contributed by atoms with Gasteiger partial charge in [0.2, 0.25) is 0 Å². The molecule has 5 heteroatoms. The summed E-state index contributed by atoms with van der Waals surface area (Å²) in [5.74, 6) is 0.573. The van der Waals surface area contributed by atoms with E-state index in [1.165, 1.54) is 0 Å². The summed E-state index contributed by atoms with van der Waals surface area (Å²) >= 11 is 0. The van der Waals surface area contributed by atoms with Gasteiger partial charge in [-0.15, -0.1) is 0 Å². The average molecular weight is 301 g/mol. The lowest BCUT2D eigenvalue weighted by atomic mass is 10.3. The molecule has 0 aliphatic carbocycles. The molecule has 0 amide bonds. The number of nitrogens with zero attached hydrogens (tertiary/aromatic N) is 4. The monoisotopic (exact) mass is 301 g/mol. The second-order valence-corrected chi connectivity index (χ2v) is 4.64. The van der Waals surface area contributed by atoms with E-state index in [-0.39, 0.29) is 0 Å². The van der Waals surface area contributed by atoms with Crippen LogP contribution >= 0.6 is 0 Å². The minimum absolute atomic E-state index is 0.573. The van der Waals surface area contributed by atoms with Crippen molar-refractivity contribution >= 4 is 17.7 Å². The first-order valence-electron chi connectivity index (χ1n) is 7.17. The molecular weight excluding hydrogens is 286 g/mol. The number of nitrogens with one attached hydrogen (secondary N) is 1. The van der Waals surface area contributed by atoms with E-state index >= 15 is 0 Å². The molecule has 3 rings (SSSR count). The quantitative estimate of drug-likeness (QED) is 0.457. The number of amidine groups is 1. The zero-order valence-corrected chi connectivity index (χ0v) is 12.4. The van der Waals surface area contributed by atoms with Gasteiger partial charge in [0.15, 0.2) is 5.84 Å². The van der Waals surface area contributed by atoms with Gasteiger partial charge >= 0.3 is 0 Å². The lowest BCUT2D eigenvalue weighted by Crippen LogP contribution is -2.20. The van der Waals surface area contributed by atoms with Gasteiger partial charge in [0.05, 0.1) is 17.6 Å². The van der Waals surface area contributed by atoms with Crippen molar-refractivity contribution in [3.63, 3.8) is 0 Å². The van der Waals surface area contributed by atoms with Crippen molar-refractivity contribution in [1.82, 2.24) is 15.4 Å². The van der Waals surface area contributed by atoms with Gasteiger partial charge in [0.25, 0.3) is 0 Å². The maximum atomic E-state index is 4.57. The first-order chi connectivity index (χ1) is 11.4. The van der Waals surface area contributed by atoms with Crippen molar-refractivity contribution in [3.05, 3.63) is 90.5 Å². The zero-order chi connectivity index (χ0) is 15.7. The fourth-order valence-corrected chi connectivity index (χ4v) is 1.89. The summed E-state index contributed by atoms with van der Waals surface area (Å²) in [6.45, 7) is 0. The molecule has 3 aromatic rings. The van der Waals surface area contributed by atoms with Gasteiger partial charge < -0.3 is 0 Å². The Bertz CT molecular complexity index is 783. The Balaban J connectivity index is 1.84. The molecule has 112 valence electrons. The highest BCUT2D eigenvalue weighted by atomic mass is 15.3. The molecule has 0 spiro atoms. The first-order valence-corrected chi connectivity index (χ1v) is 7.17. The average Bonchev–Trinajstić information content (AvgIpc) is 2.63. The van der Waals surface area contributed by atoms with Gasteiger partial charge in [-0.1, -0.05) is 30.3 Å². The second-order valence-electron chi connectivity index (χ2n) is 4.64. The fraction of sp³-hybridized carbons (Fsp3) is 0. The molecule has 1 N–H and O–H groups in total. The number of para-hydroxylation sites is 1. The highest BCUT2D eigenvalue weighted by molar-refractivity contribution is 5.99. The van der Waals surface area contributed by atoms with E-state index in [1.807, 2.05) is 66.7 Å². The van der Waals surface area contributed by atoms with Gasteiger partial charge in [-0.3, -0.25) is 15.4 Å². The molecular formula is C18H15N5. The van der Waals surface area contributed by atoms with E-state index < -0.39 is 0 Å². The number of aromatic nitrogens is 2. The number of hydrazone groups is 1. The number of aliphatic imine (C=N–C) groups is 1. The zero-order valence-electron chi connectivity index (χ0n) is 12.4. The molecule has 2 aromatic heterocycles. The largest absolute Gasteiger partial charge is 0.259 e. The van der Waals surface area contributed by atoms with Crippen molar-refractivity contribution in [2.75, 3.05) is 0 Å². The van der Waals surface area contributed by atoms with E-state index in [0.717, 1.165) is 17.1 Å². The van der Waals surface area contributed by atoms with Crippen LogP contribution in [-0.2, 0) is 0 Å². The van der Waals surface area contributed by atoms with Crippen LogP contribution in [0.25, 0.3) is 0 Å². The fourth-order valence-electron chi connectivity index (χ4n) is 1.89. The molecule has 1 aromatic carbocycles. The van der Waals surface area contributed by atoms with E-state index in [2.05, 4.69) is 25.5 Å². The van der Waals surface area contributed by atoms with E-state index in [9.17, 15) is 0 Å². The molecule has 0 radical (unpaired) electrons. The van der Waals surface area contributed by atoms with Crippen LogP contribution in [0.3, 0.4) is 0 Å². The highest BCUT2D eigenvalue weighted by Gasteiger charge is 2.03. The van der Waals surface area contributed by atoms with Crippen LogP contribution in [0.2, 0.25) is 0 Å². The van der Waals surface area contributed by atoms with Crippen LogP contribution < -0.4 is 5.43 Å². The minimum Gasteiger partial charge on any atom is -0.259 e. The third-order valence-corrected chi connectivity index (χ3v) is 2.96. The number of pyridine rings is 2. The summed E-state index contributed by atoms with van der Waals surface area (Å²) in [5.41, 5.74) is 5.26. The van der Waals surface area contributed by atoms with Gasteiger partial charge in [-0.2, -0.15) is 5.10 Å². The highest BCUT2D eigenvalue weighted by Crippen LogP contribution is 2.11. The van der Waals surface area contributed by atoms with Crippen LogP contribution in [0.15, 0.2) is 89.2 Å². The van der Waals surface area contributed by atoms with Crippen molar-refractivity contribution in [2.45, 2.75) is 0 Å². The summed E-state index contributed by atoms with van der Waals surface area (Å²) < 4.78 is 0. The summed E-state index contributed by atoms with van der Waals surface area (Å²) in [5, 5.41) is 4.21. The molecule has 0 atom stereocenters. The molecule has 5 nitrogen and oxygen atoms in total. The Hall–Kier alpha value is -3.34. The van der Waals surface area contributed by atoms with Crippen molar-refractivity contribution in [2.24, 2.45) is 10.1 Å². The van der Waals surface area contributed by atoms with Gasteiger partial charge in [0, 0.05) is 12.4 Å². The molecule has 0 saturated heterocycles. The third-order valence-electron chi connectivity index (χ3n) is 2.96. The Morgan fingerprint density at radius 2 is 1.57 bits per heavy atom. The van der Waals surface area contributed by atoms with E-state index in [4.69, 9.17) is 0 Å². The predicted octanol–water partition coefficient (Wildman–Crippen LogP) is 3.18. The molecule has 0 fully saturated rings. The topological polar surface area (TPSA) is 62.5 Å². The van der Waals surface area contributed by atoms with Crippen LogP contribution in [-0.4, -0.2) is 22.0 Å². The van der Waals surface area contributed by atoms with Crippen molar-refractivity contribution in [1.29, 1.82) is 0 Å². The normalized spacial score (nSPS) is 11.6. The molecule has 2 heterocycles. The van der Waals surface area contributed by atoms with Crippen LogP contribution in [0.4, 0.5) is 5.69 Å². The Labute approximate surface area is 134 Å².